The van der Waals surface area contributed by atoms with Crippen molar-refractivity contribution < 1.29 is 18.0 Å². The molecule has 45 heavy (non-hydrogen) atoms. The van der Waals surface area contributed by atoms with Crippen LogP contribution < -0.4 is 9.62 Å². The minimum Gasteiger partial charge on any atom is -0.354 e. The normalized spacial score (nSPS) is 11.9. The average Bonchev–Trinajstić information content (AvgIpc) is 3.04. The number of sulfonamides is 1. The molecule has 0 aromatic heterocycles. The predicted octanol–water partition coefficient (Wildman–Crippen LogP) is 7.05. The molecule has 0 fully saturated rings. The third-order valence-corrected chi connectivity index (χ3v) is 9.87. The molecule has 4 aromatic rings. The molecule has 0 aliphatic heterocycles. The number of aryl methyl sites for hydroxylation is 1. The molecule has 10 heteroatoms. The highest BCUT2D eigenvalue weighted by Gasteiger charge is 2.34. The van der Waals surface area contributed by atoms with Crippen molar-refractivity contribution in [3.8, 4) is 0 Å². The molecule has 0 aliphatic rings. The van der Waals surface area contributed by atoms with Gasteiger partial charge < -0.3 is 10.2 Å². The van der Waals surface area contributed by atoms with E-state index in [0.29, 0.717) is 16.6 Å². The van der Waals surface area contributed by atoms with Crippen LogP contribution in [0.3, 0.4) is 0 Å². The van der Waals surface area contributed by atoms with E-state index < -0.39 is 28.5 Å². The van der Waals surface area contributed by atoms with Gasteiger partial charge in [-0.2, -0.15) is 0 Å². The highest BCUT2D eigenvalue weighted by molar-refractivity contribution is 7.92. The molecule has 0 saturated heterocycles. The molecule has 0 radical (unpaired) electrons. The maximum Gasteiger partial charge on any atom is 0.264 e. The van der Waals surface area contributed by atoms with Gasteiger partial charge in [-0.25, -0.2) is 8.42 Å². The van der Waals surface area contributed by atoms with Crippen molar-refractivity contribution in [1.29, 1.82) is 0 Å². The molecule has 1 atom stereocenters. The highest BCUT2D eigenvalue weighted by Crippen LogP contribution is 2.29. The van der Waals surface area contributed by atoms with Crippen LogP contribution in [0, 0.1) is 6.92 Å². The zero-order chi connectivity index (χ0) is 32.4. The number of hydrogen-bond acceptors (Lipinski definition) is 4. The van der Waals surface area contributed by atoms with Crippen LogP contribution >= 0.6 is 23.2 Å². The van der Waals surface area contributed by atoms with Gasteiger partial charge in [-0.1, -0.05) is 103 Å². The second-order valence-electron chi connectivity index (χ2n) is 10.8. The van der Waals surface area contributed by atoms with E-state index in [1.165, 1.54) is 23.1 Å². The van der Waals surface area contributed by atoms with E-state index in [1.54, 1.807) is 54.6 Å². The maximum atomic E-state index is 14.5. The molecule has 0 aliphatic carbocycles. The summed E-state index contributed by atoms with van der Waals surface area (Å²) in [4.78, 5) is 29.8. The number of rotatable bonds is 14. The number of halogens is 2. The number of carbonyl (C=O) groups is 2. The topological polar surface area (TPSA) is 86.8 Å². The van der Waals surface area contributed by atoms with Crippen molar-refractivity contribution in [2.45, 2.75) is 50.6 Å². The molecule has 4 rings (SSSR count). The number of anilines is 1. The van der Waals surface area contributed by atoms with Crippen molar-refractivity contribution in [3.63, 3.8) is 0 Å². The van der Waals surface area contributed by atoms with Crippen LogP contribution in [-0.4, -0.2) is 44.3 Å². The number of unbranched alkanes of at least 4 members (excludes halogenated alkanes) is 1. The molecule has 0 unspecified atom stereocenters. The van der Waals surface area contributed by atoms with Crippen LogP contribution in [0.2, 0.25) is 10.0 Å². The summed E-state index contributed by atoms with van der Waals surface area (Å²) in [5, 5.41) is 3.88. The van der Waals surface area contributed by atoms with E-state index >= 15 is 0 Å². The Morgan fingerprint density at radius 3 is 2.11 bits per heavy atom. The minimum atomic E-state index is -4.20. The maximum absolute atomic E-state index is 14.5. The van der Waals surface area contributed by atoms with Crippen molar-refractivity contribution >= 4 is 50.7 Å². The predicted molar refractivity (Wildman–Crippen MR) is 181 cm³/mol. The van der Waals surface area contributed by atoms with E-state index in [2.05, 4.69) is 5.32 Å². The van der Waals surface area contributed by atoms with Crippen LogP contribution in [0.5, 0.6) is 0 Å². The van der Waals surface area contributed by atoms with Gasteiger partial charge in [0.05, 0.1) is 10.6 Å². The van der Waals surface area contributed by atoms with Crippen molar-refractivity contribution in [2.75, 3.05) is 17.4 Å². The zero-order valence-corrected chi connectivity index (χ0v) is 27.7. The first kappa shape index (κ1) is 34.0. The van der Waals surface area contributed by atoms with Gasteiger partial charge >= 0.3 is 0 Å². The van der Waals surface area contributed by atoms with Crippen LogP contribution in [-0.2, 0) is 32.6 Å². The SMILES string of the molecule is CCCCNC(=O)[C@@H](Cc1ccccc1)N(Cc1ccc(Cl)cc1)C(=O)CN(c1ccc(C)c(Cl)c1)S(=O)(=O)c1ccccc1. The summed E-state index contributed by atoms with van der Waals surface area (Å²) in [5.41, 5.74) is 2.60. The lowest BCUT2D eigenvalue weighted by molar-refractivity contribution is -0.140. The number of nitrogens with one attached hydrogen (secondary N) is 1. The number of benzene rings is 4. The number of hydrogen-bond donors (Lipinski definition) is 1. The van der Waals surface area contributed by atoms with Crippen molar-refractivity contribution in [1.82, 2.24) is 10.2 Å². The summed E-state index contributed by atoms with van der Waals surface area (Å²) < 4.78 is 29.2. The number of nitrogens with zero attached hydrogens (tertiary/aromatic N) is 2. The molecule has 1 N–H and O–H groups in total. The monoisotopic (exact) mass is 665 g/mol. The lowest BCUT2D eigenvalue weighted by Gasteiger charge is -2.34. The molecule has 236 valence electrons. The number of amides is 2. The summed E-state index contributed by atoms with van der Waals surface area (Å²) in [6.07, 6.45) is 1.91. The number of carbonyl (C=O) groups excluding carboxylic acids is 2. The Labute approximate surface area is 275 Å². The zero-order valence-electron chi connectivity index (χ0n) is 25.3. The van der Waals surface area contributed by atoms with E-state index in [1.807, 2.05) is 44.2 Å². The van der Waals surface area contributed by atoms with Crippen molar-refractivity contribution in [3.05, 3.63) is 130 Å². The van der Waals surface area contributed by atoms with Crippen LogP contribution in [0.15, 0.2) is 108 Å². The Hall–Kier alpha value is -3.85. The fourth-order valence-corrected chi connectivity index (χ4v) is 6.56. The molecule has 4 aromatic carbocycles. The first-order valence-electron chi connectivity index (χ1n) is 14.8. The lowest BCUT2D eigenvalue weighted by atomic mass is 10.0. The Morgan fingerprint density at radius 2 is 1.49 bits per heavy atom. The largest absolute Gasteiger partial charge is 0.354 e. The third-order valence-electron chi connectivity index (χ3n) is 7.42. The quantitative estimate of drug-likeness (QED) is 0.146. The van der Waals surface area contributed by atoms with Gasteiger partial charge in [-0.3, -0.25) is 13.9 Å². The Morgan fingerprint density at radius 1 is 0.844 bits per heavy atom. The minimum absolute atomic E-state index is 0.0249. The summed E-state index contributed by atoms with van der Waals surface area (Å²) in [7, 11) is -4.20. The first-order chi connectivity index (χ1) is 21.6. The van der Waals surface area contributed by atoms with E-state index in [9.17, 15) is 18.0 Å². The smallest absolute Gasteiger partial charge is 0.264 e. The lowest BCUT2D eigenvalue weighted by Crippen LogP contribution is -2.53. The van der Waals surface area contributed by atoms with Gasteiger partial charge in [0.2, 0.25) is 11.8 Å². The average molecular weight is 667 g/mol. The molecule has 0 heterocycles. The van der Waals surface area contributed by atoms with Crippen molar-refractivity contribution in [2.24, 2.45) is 0 Å². The molecule has 0 bridgehead atoms. The summed E-state index contributed by atoms with van der Waals surface area (Å²) in [6.45, 7) is 3.80. The standard InChI is InChI=1S/C35H37Cl2N3O4S/c1-3-4-21-38-35(42)33(22-27-11-7-5-8-12-27)39(24-28-16-18-29(36)19-17-28)34(41)25-40(30-20-15-26(2)32(37)23-30)45(43,44)31-13-9-6-10-14-31/h5-20,23,33H,3-4,21-22,24-25H2,1-2H3,(H,38,42)/t33-/m1/s1. The van der Waals surface area contributed by atoms with Gasteiger partial charge in [0.15, 0.2) is 0 Å². The second-order valence-corrected chi connectivity index (χ2v) is 13.5. The van der Waals surface area contributed by atoms with E-state index in [4.69, 9.17) is 23.2 Å². The molecular weight excluding hydrogens is 629 g/mol. The molecule has 0 saturated carbocycles. The fraction of sp³-hybridized carbons (Fsp3) is 0.257. The summed E-state index contributed by atoms with van der Waals surface area (Å²) in [5.74, 6) is -0.863. The molecular formula is C35H37Cl2N3O4S. The van der Waals surface area contributed by atoms with Crippen LogP contribution in [0.1, 0.15) is 36.5 Å². The molecule has 7 nitrogen and oxygen atoms in total. The van der Waals surface area contributed by atoms with Gasteiger partial charge in [-0.05, 0) is 66.4 Å². The fourth-order valence-electron chi connectivity index (χ4n) is 4.83. The van der Waals surface area contributed by atoms with Gasteiger partial charge in [0.25, 0.3) is 10.0 Å². The van der Waals surface area contributed by atoms with Gasteiger partial charge in [-0.15, -0.1) is 0 Å². The van der Waals surface area contributed by atoms with Crippen LogP contribution in [0.4, 0.5) is 5.69 Å². The summed E-state index contributed by atoms with van der Waals surface area (Å²) >= 11 is 12.6. The van der Waals surface area contributed by atoms with Gasteiger partial charge in [0.1, 0.15) is 12.6 Å². The Balaban J connectivity index is 1.79. The van der Waals surface area contributed by atoms with Gasteiger partial charge in [0, 0.05) is 29.6 Å². The molecule has 0 spiro atoms. The van der Waals surface area contributed by atoms with E-state index in [0.717, 1.165) is 33.8 Å². The second kappa shape index (κ2) is 15.9. The third kappa shape index (κ3) is 9.10. The molecule has 2 amide bonds. The summed E-state index contributed by atoms with van der Waals surface area (Å²) in [6, 6.07) is 28.3. The first-order valence-corrected chi connectivity index (χ1v) is 17.0. The highest BCUT2D eigenvalue weighted by atomic mass is 35.5. The Kier molecular flexibility index (Phi) is 12.0. The Bertz CT molecular complexity index is 1690. The van der Waals surface area contributed by atoms with Crippen LogP contribution in [0.25, 0.3) is 0 Å². The van der Waals surface area contributed by atoms with E-state index in [-0.39, 0.29) is 29.5 Å².